The summed E-state index contributed by atoms with van der Waals surface area (Å²) < 4.78 is 15.9. The maximum Gasteiger partial charge on any atom is 0.191 e. The van der Waals surface area contributed by atoms with Gasteiger partial charge in [0.1, 0.15) is 18.0 Å². The predicted molar refractivity (Wildman–Crippen MR) is 113 cm³/mol. The highest BCUT2D eigenvalue weighted by Crippen LogP contribution is 2.07. The summed E-state index contributed by atoms with van der Waals surface area (Å²) in [5.74, 6) is 1.38. The summed E-state index contributed by atoms with van der Waals surface area (Å²) in [4.78, 5) is 4.56. The van der Waals surface area contributed by atoms with Gasteiger partial charge in [-0.1, -0.05) is 55.5 Å². The van der Waals surface area contributed by atoms with Gasteiger partial charge in [-0.3, -0.25) is 0 Å². The third-order valence-electron chi connectivity index (χ3n) is 4.57. The molecular weight excluding hydrogens is 367 g/mol. The Bertz CT molecular complexity index is 906. The van der Waals surface area contributed by atoms with Crippen LogP contribution in [0.15, 0.2) is 65.9 Å². The molecule has 2 aromatic carbocycles. The molecule has 29 heavy (non-hydrogen) atoms. The molecule has 0 aliphatic carbocycles. The molecular formula is C22H27FN6. The summed E-state index contributed by atoms with van der Waals surface area (Å²) in [5.41, 5.74) is 1.83. The van der Waals surface area contributed by atoms with E-state index in [1.165, 1.54) is 11.6 Å². The first-order chi connectivity index (χ1) is 14.3. The maximum absolute atomic E-state index is 13.9. The molecule has 3 aromatic rings. The Labute approximate surface area is 170 Å². The van der Waals surface area contributed by atoms with Crippen molar-refractivity contribution in [2.75, 3.05) is 13.1 Å². The van der Waals surface area contributed by atoms with Crippen molar-refractivity contribution in [1.29, 1.82) is 0 Å². The number of hydrogen-bond acceptors (Lipinski definition) is 3. The Morgan fingerprint density at radius 1 is 1.03 bits per heavy atom. The van der Waals surface area contributed by atoms with Crippen molar-refractivity contribution in [3.05, 3.63) is 83.7 Å². The van der Waals surface area contributed by atoms with Crippen molar-refractivity contribution in [1.82, 2.24) is 25.4 Å². The minimum Gasteiger partial charge on any atom is -0.356 e. The van der Waals surface area contributed by atoms with E-state index in [4.69, 9.17) is 0 Å². The van der Waals surface area contributed by atoms with E-state index in [0.717, 1.165) is 31.8 Å². The largest absolute Gasteiger partial charge is 0.356 e. The van der Waals surface area contributed by atoms with E-state index in [-0.39, 0.29) is 12.4 Å². The van der Waals surface area contributed by atoms with Crippen molar-refractivity contribution < 1.29 is 4.39 Å². The second kappa shape index (κ2) is 10.9. The fourth-order valence-corrected chi connectivity index (χ4v) is 2.97. The van der Waals surface area contributed by atoms with E-state index in [0.29, 0.717) is 18.1 Å². The SMILES string of the molecule is CCc1nncn1CCNC(=NCc1ccccc1F)NCCc1ccccc1. The zero-order chi connectivity index (χ0) is 20.3. The molecule has 1 aromatic heterocycles. The summed E-state index contributed by atoms with van der Waals surface area (Å²) in [6.45, 7) is 4.47. The number of halogens is 1. The van der Waals surface area contributed by atoms with Crippen LogP contribution in [0.4, 0.5) is 4.39 Å². The molecule has 2 N–H and O–H groups in total. The second-order valence-electron chi connectivity index (χ2n) is 6.64. The summed E-state index contributed by atoms with van der Waals surface area (Å²) in [6, 6.07) is 17.0. The number of rotatable bonds is 9. The Balaban J connectivity index is 1.58. The van der Waals surface area contributed by atoms with Crippen LogP contribution in [-0.4, -0.2) is 33.8 Å². The van der Waals surface area contributed by atoms with Crippen LogP contribution in [0.3, 0.4) is 0 Å². The number of nitrogens with one attached hydrogen (secondary N) is 2. The first kappa shape index (κ1) is 20.5. The number of aromatic nitrogens is 3. The standard InChI is InChI=1S/C22H27FN6/c1-2-21-28-27-17-29(21)15-14-25-22(24-13-12-18-8-4-3-5-9-18)26-16-19-10-6-7-11-20(19)23/h3-11,17H,2,12-16H2,1H3,(H2,24,25,26). The summed E-state index contributed by atoms with van der Waals surface area (Å²) in [6.07, 6.45) is 3.45. The third kappa shape index (κ3) is 6.41. The zero-order valence-corrected chi connectivity index (χ0v) is 16.7. The lowest BCUT2D eigenvalue weighted by Crippen LogP contribution is -2.40. The fraction of sp³-hybridized carbons (Fsp3) is 0.318. The number of guanidine groups is 1. The highest BCUT2D eigenvalue weighted by atomic mass is 19.1. The van der Waals surface area contributed by atoms with Crippen LogP contribution in [-0.2, 0) is 25.9 Å². The lowest BCUT2D eigenvalue weighted by molar-refractivity contribution is 0.609. The molecule has 0 atom stereocenters. The normalized spacial score (nSPS) is 11.4. The average molecular weight is 394 g/mol. The molecule has 6 nitrogen and oxygen atoms in total. The van der Waals surface area contributed by atoms with E-state index in [1.54, 1.807) is 18.5 Å². The molecule has 7 heteroatoms. The topological polar surface area (TPSA) is 67.1 Å². The lowest BCUT2D eigenvalue weighted by Gasteiger charge is -2.14. The number of benzene rings is 2. The van der Waals surface area contributed by atoms with Crippen molar-refractivity contribution in [3.8, 4) is 0 Å². The van der Waals surface area contributed by atoms with Gasteiger partial charge in [-0.25, -0.2) is 9.38 Å². The smallest absolute Gasteiger partial charge is 0.191 e. The van der Waals surface area contributed by atoms with Crippen LogP contribution in [0.1, 0.15) is 23.9 Å². The number of aliphatic imine (C=N–C) groups is 1. The molecule has 0 saturated heterocycles. The Morgan fingerprint density at radius 3 is 2.59 bits per heavy atom. The molecule has 3 rings (SSSR count). The van der Waals surface area contributed by atoms with Gasteiger partial charge >= 0.3 is 0 Å². The molecule has 0 bridgehead atoms. The van der Waals surface area contributed by atoms with Crippen molar-refractivity contribution in [2.24, 2.45) is 4.99 Å². The van der Waals surface area contributed by atoms with Crippen LogP contribution < -0.4 is 10.6 Å². The summed E-state index contributed by atoms with van der Waals surface area (Å²) in [7, 11) is 0. The molecule has 0 saturated carbocycles. The van der Waals surface area contributed by atoms with E-state index in [1.807, 2.05) is 28.8 Å². The highest BCUT2D eigenvalue weighted by molar-refractivity contribution is 5.79. The van der Waals surface area contributed by atoms with Crippen molar-refractivity contribution in [3.63, 3.8) is 0 Å². The number of nitrogens with zero attached hydrogens (tertiary/aromatic N) is 4. The quantitative estimate of drug-likeness (QED) is 0.433. The van der Waals surface area contributed by atoms with Crippen LogP contribution in [0.5, 0.6) is 0 Å². The first-order valence-corrected chi connectivity index (χ1v) is 9.92. The van der Waals surface area contributed by atoms with Gasteiger partial charge in [0, 0.05) is 31.6 Å². The van der Waals surface area contributed by atoms with E-state index in [2.05, 4.69) is 44.9 Å². The minimum absolute atomic E-state index is 0.239. The third-order valence-corrected chi connectivity index (χ3v) is 4.57. The molecule has 0 radical (unpaired) electrons. The second-order valence-corrected chi connectivity index (χ2v) is 6.64. The van der Waals surface area contributed by atoms with Gasteiger partial charge in [0.2, 0.25) is 0 Å². The Kier molecular flexibility index (Phi) is 7.74. The zero-order valence-electron chi connectivity index (χ0n) is 16.7. The fourth-order valence-electron chi connectivity index (χ4n) is 2.97. The van der Waals surface area contributed by atoms with Gasteiger partial charge in [-0.2, -0.15) is 0 Å². The van der Waals surface area contributed by atoms with Crippen LogP contribution in [0, 0.1) is 5.82 Å². The average Bonchev–Trinajstić information content (AvgIpc) is 3.21. The van der Waals surface area contributed by atoms with Crippen LogP contribution in [0.2, 0.25) is 0 Å². The molecule has 0 aliphatic heterocycles. The number of hydrogen-bond donors (Lipinski definition) is 2. The summed E-state index contributed by atoms with van der Waals surface area (Å²) >= 11 is 0. The highest BCUT2D eigenvalue weighted by Gasteiger charge is 2.04. The summed E-state index contributed by atoms with van der Waals surface area (Å²) in [5, 5.41) is 14.7. The van der Waals surface area contributed by atoms with E-state index in [9.17, 15) is 4.39 Å². The predicted octanol–water partition coefficient (Wildman–Crippen LogP) is 2.96. The van der Waals surface area contributed by atoms with Gasteiger partial charge in [0.05, 0.1) is 6.54 Å². The minimum atomic E-state index is -0.239. The first-order valence-electron chi connectivity index (χ1n) is 9.92. The van der Waals surface area contributed by atoms with Gasteiger partial charge < -0.3 is 15.2 Å². The molecule has 0 fully saturated rings. The van der Waals surface area contributed by atoms with Crippen LogP contribution >= 0.6 is 0 Å². The number of aryl methyl sites for hydroxylation is 1. The maximum atomic E-state index is 13.9. The molecule has 0 amide bonds. The lowest BCUT2D eigenvalue weighted by atomic mass is 10.1. The molecule has 152 valence electrons. The van der Waals surface area contributed by atoms with E-state index < -0.39 is 0 Å². The monoisotopic (exact) mass is 394 g/mol. The van der Waals surface area contributed by atoms with Gasteiger partial charge in [-0.15, -0.1) is 10.2 Å². The van der Waals surface area contributed by atoms with Crippen molar-refractivity contribution in [2.45, 2.75) is 32.9 Å². The Morgan fingerprint density at radius 2 is 1.79 bits per heavy atom. The Hall–Kier alpha value is -3.22. The van der Waals surface area contributed by atoms with Gasteiger partial charge in [0.15, 0.2) is 5.96 Å². The molecule has 0 aliphatic rings. The molecule has 0 unspecified atom stereocenters. The van der Waals surface area contributed by atoms with Gasteiger partial charge in [0.25, 0.3) is 0 Å². The van der Waals surface area contributed by atoms with Gasteiger partial charge in [-0.05, 0) is 18.1 Å². The molecule has 0 spiro atoms. The van der Waals surface area contributed by atoms with Crippen molar-refractivity contribution >= 4 is 5.96 Å². The van der Waals surface area contributed by atoms with Crippen LogP contribution in [0.25, 0.3) is 0 Å². The van der Waals surface area contributed by atoms with E-state index >= 15 is 0 Å². The molecule has 1 heterocycles.